The summed E-state index contributed by atoms with van der Waals surface area (Å²) in [6, 6.07) is 0. The topological polar surface area (TPSA) is 135 Å². The molecule has 0 bridgehead atoms. The summed E-state index contributed by atoms with van der Waals surface area (Å²) in [6.45, 7) is -2.88. The van der Waals surface area contributed by atoms with Crippen LogP contribution in [0.25, 0.3) is 0 Å². The van der Waals surface area contributed by atoms with Crippen LogP contribution in [0.1, 0.15) is 6.92 Å². The van der Waals surface area contributed by atoms with Gasteiger partial charge in [0.15, 0.2) is 0 Å². The molecule has 8 nitrogen and oxygen atoms in total. The molecule has 43 heavy (non-hydrogen) atoms. The highest BCUT2D eigenvalue weighted by Gasteiger charge is 2.96. The van der Waals surface area contributed by atoms with E-state index in [1.807, 2.05) is 0 Å². The van der Waals surface area contributed by atoms with E-state index in [1.165, 1.54) is 0 Å². The molecule has 0 aliphatic rings. The van der Waals surface area contributed by atoms with Gasteiger partial charge in [-0.3, -0.25) is 0 Å². The molecule has 0 aromatic carbocycles. The van der Waals surface area contributed by atoms with Gasteiger partial charge in [-0.2, -0.15) is 92.2 Å². The third kappa shape index (κ3) is 6.87. The quantitative estimate of drug-likeness (QED) is 0.109. The van der Waals surface area contributed by atoms with Crippen LogP contribution in [-0.4, -0.2) is 98.2 Å². The van der Waals surface area contributed by atoms with Gasteiger partial charge >= 0.3 is 66.9 Å². The average molecular weight is 741 g/mol. The molecular weight excluding hydrogens is 732 g/mol. The van der Waals surface area contributed by atoms with E-state index in [2.05, 4.69) is 0 Å². The molecule has 0 radical (unpaired) electrons. The Kier molecular flexibility index (Phi) is 11.6. The number of phosphoric acid groups is 1. The lowest BCUT2D eigenvalue weighted by molar-refractivity contribution is -0.458. The first-order valence-corrected chi connectivity index (χ1v) is 11.9. The fraction of sp³-hybridized carbons (Fsp3) is 1.00. The smallest absolute Gasteiger partial charge is 0.342 e. The van der Waals surface area contributed by atoms with Crippen molar-refractivity contribution in [1.82, 2.24) is 4.31 Å². The summed E-state index contributed by atoms with van der Waals surface area (Å²) in [6.07, 6.45) is -15.2. The van der Waals surface area contributed by atoms with Crippen molar-refractivity contribution in [2.75, 3.05) is 6.54 Å². The molecule has 0 saturated carbocycles. The van der Waals surface area contributed by atoms with Crippen LogP contribution >= 0.6 is 7.82 Å². The highest BCUT2D eigenvalue weighted by atomic mass is 32.2. The molecule has 0 aromatic heterocycles. The van der Waals surface area contributed by atoms with E-state index in [0.717, 1.165) is 0 Å². The molecule has 0 rings (SSSR count). The van der Waals surface area contributed by atoms with Gasteiger partial charge in [-0.25, -0.2) is 13.0 Å². The number of sulfonamides is 1. The normalized spacial score (nSPS) is 17.4. The Bertz CT molecular complexity index is 1130. The van der Waals surface area contributed by atoms with Crippen LogP contribution in [0.3, 0.4) is 0 Å². The third-order valence-corrected chi connectivity index (χ3v) is 6.27. The van der Waals surface area contributed by atoms with Gasteiger partial charge in [-0.05, 0) is 0 Å². The predicted molar refractivity (Wildman–Crippen MR) is 88.4 cm³/mol. The molecular formula is C12H9F21NO7PS. The summed E-state index contributed by atoms with van der Waals surface area (Å²) in [5.74, 6) is -60.7. The summed E-state index contributed by atoms with van der Waals surface area (Å²) in [5, 5.41) is 0.00588. The maximum Gasteiger partial charge on any atom is 0.466 e. The molecule has 0 fully saturated rings. The Hall–Kier alpha value is -1.49. The van der Waals surface area contributed by atoms with Gasteiger partial charge in [-0.15, -0.1) is 4.31 Å². The molecule has 0 aliphatic heterocycles. The molecule has 4 N–H and O–H groups in total. The van der Waals surface area contributed by atoms with Gasteiger partial charge in [0.2, 0.25) is 0 Å². The van der Waals surface area contributed by atoms with Gasteiger partial charge in [0.05, 0.1) is 0 Å². The minimum absolute atomic E-state index is 0.247. The fourth-order valence-corrected chi connectivity index (χ4v) is 3.62. The molecule has 1 unspecified atom stereocenters. The van der Waals surface area contributed by atoms with E-state index in [1.54, 1.807) is 0 Å². The number of hydrogen-bond acceptors (Lipinski definition) is 4. The zero-order chi connectivity index (χ0) is 36.3. The molecule has 0 heterocycles. The fourth-order valence-electron chi connectivity index (χ4n) is 2.13. The van der Waals surface area contributed by atoms with E-state index in [4.69, 9.17) is 24.4 Å². The van der Waals surface area contributed by atoms with Crippen molar-refractivity contribution < 1.29 is 125 Å². The molecule has 1 atom stereocenters. The van der Waals surface area contributed by atoms with Crippen molar-refractivity contribution in [3.05, 3.63) is 0 Å². The SMILES string of the molecule is CCN(C(O)(F)C(F)(F)F)S(=O)(=O)C(F)(F)C(F)(F)C(F)(F)C(F)(F)C(F)(F)C(F)(F)C(F)(F)C(F)(F)F.O=P(O)(O)O. The molecule has 0 aliphatic carbocycles. The minimum atomic E-state index is -9.23. The van der Waals surface area contributed by atoms with E-state index in [-0.39, 0.29) is 6.92 Å². The second-order valence-electron chi connectivity index (χ2n) is 7.23. The van der Waals surface area contributed by atoms with Gasteiger partial charge < -0.3 is 19.8 Å². The highest BCUT2D eigenvalue weighted by molar-refractivity contribution is 7.90. The van der Waals surface area contributed by atoms with E-state index in [0.29, 0.717) is 0 Å². The zero-order valence-electron chi connectivity index (χ0n) is 19.0. The first-order chi connectivity index (χ1) is 17.9. The van der Waals surface area contributed by atoms with Crippen molar-refractivity contribution in [2.24, 2.45) is 0 Å². The van der Waals surface area contributed by atoms with Gasteiger partial charge in [0.1, 0.15) is 0 Å². The van der Waals surface area contributed by atoms with E-state index in [9.17, 15) is 101 Å². The van der Waals surface area contributed by atoms with Crippen molar-refractivity contribution in [2.45, 2.75) is 66.0 Å². The number of halogens is 21. The molecule has 262 valence electrons. The Morgan fingerprint density at radius 1 is 0.535 bits per heavy atom. The average Bonchev–Trinajstić information content (AvgIpc) is 2.69. The Morgan fingerprint density at radius 2 is 0.767 bits per heavy atom. The van der Waals surface area contributed by atoms with Crippen LogP contribution in [0.4, 0.5) is 92.2 Å². The second kappa shape index (κ2) is 11.4. The molecule has 0 aromatic rings. The van der Waals surface area contributed by atoms with Crippen LogP contribution in [0.2, 0.25) is 0 Å². The Morgan fingerprint density at radius 3 is 0.977 bits per heavy atom. The molecule has 31 heteroatoms. The van der Waals surface area contributed by atoms with Gasteiger partial charge in [0, 0.05) is 6.54 Å². The minimum Gasteiger partial charge on any atom is -0.342 e. The second-order valence-corrected chi connectivity index (χ2v) is 10.2. The monoisotopic (exact) mass is 741 g/mol. The summed E-state index contributed by atoms with van der Waals surface area (Å²) in [4.78, 5) is 21.6. The molecule has 0 amide bonds. The Labute approximate surface area is 220 Å². The lowest BCUT2D eigenvalue weighted by atomic mass is 9.91. The predicted octanol–water partition coefficient (Wildman–Crippen LogP) is 4.85. The molecule has 0 spiro atoms. The maximum atomic E-state index is 13.9. The number of nitrogens with zero attached hydrogens (tertiary/aromatic N) is 1. The molecule has 0 saturated heterocycles. The number of aliphatic hydroxyl groups is 1. The van der Waals surface area contributed by atoms with Crippen molar-refractivity contribution in [3.63, 3.8) is 0 Å². The maximum absolute atomic E-state index is 13.9. The first-order valence-electron chi connectivity index (χ1n) is 8.94. The lowest BCUT2D eigenvalue weighted by Gasteiger charge is -2.43. The van der Waals surface area contributed by atoms with Crippen LogP contribution in [0.5, 0.6) is 0 Å². The summed E-state index contributed by atoms with van der Waals surface area (Å²) >= 11 is 0. The Balaban J connectivity index is 0. The van der Waals surface area contributed by atoms with Gasteiger partial charge in [-0.1, -0.05) is 6.92 Å². The number of hydrogen-bond donors (Lipinski definition) is 4. The highest BCUT2D eigenvalue weighted by Crippen LogP contribution is 2.64. The summed E-state index contributed by atoms with van der Waals surface area (Å²) < 4.78 is 303. The van der Waals surface area contributed by atoms with Crippen LogP contribution in [0, 0.1) is 0 Å². The van der Waals surface area contributed by atoms with Crippen LogP contribution in [-0.2, 0) is 14.6 Å². The number of rotatable bonds is 10. The van der Waals surface area contributed by atoms with Crippen LogP contribution in [0.15, 0.2) is 0 Å². The standard InChI is InChI=1S/C12H6F21NO3S.H3O4P/c1-2-34(12(33,35)10(28,29)30)38(36,37)11(31,32)8(23,24)6(19,20)4(15,16)3(13,14)5(17,18)7(21,22)9(25,26)27;1-5(2,3)4/h35H,2H2,1H3;(H3,1,2,3,4). The summed E-state index contributed by atoms with van der Waals surface area (Å²) in [7, 11) is -13.3. The first kappa shape index (κ1) is 43.6. The third-order valence-electron chi connectivity index (χ3n) is 4.29. The van der Waals surface area contributed by atoms with Crippen LogP contribution < -0.4 is 0 Å². The lowest BCUT2D eigenvalue weighted by Crippen LogP contribution is -2.75. The van der Waals surface area contributed by atoms with E-state index >= 15 is 0 Å². The van der Waals surface area contributed by atoms with Crippen molar-refractivity contribution in [1.29, 1.82) is 0 Å². The largest absolute Gasteiger partial charge is 0.466 e. The van der Waals surface area contributed by atoms with Crippen molar-refractivity contribution in [3.8, 4) is 0 Å². The van der Waals surface area contributed by atoms with Crippen molar-refractivity contribution >= 4 is 17.8 Å². The number of alkyl halides is 21. The van der Waals surface area contributed by atoms with E-state index < -0.39 is 87.8 Å². The zero-order valence-corrected chi connectivity index (χ0v) is 20.7. The van der Waals surface area contributed by atoms with Gasteiger partial charge in [0.25, 0.3) is 10.0 Å². The summed E-state index contributed by atoms with van der Waals surface area (Å²) in [5.41, 5.74) is 0.